The molecule has 0 unspecified atom stereocenters. The predicted molar refractivity (Wildman–Crippen MR) is 45.7 cm³/mol. The molecular weight excluding hydrogens is 140 g/mol. The highest BCUT2D eigenvalue weighted by molar-refractivity contribution is 4.72. The summed E-state index contributed by atoms with van der Waals surface area (Å²) < 4.78 is 5.03. The second-order valence-electron chi connectivity index (χ2n) is 3.30. The maximum Gasteiger partial charge on any atom is 0.0643 e. The van der Waals surface area contributed by atoms with E-state index in [9.17, 15) is 0 Å². The van der Waals surface area contributed by atoms with Gasteiger partial charge in [0.2, 0.25) is 0 Å². The monoisotopic (exact) mass is 158 g/mol. The molecule has 0 aromatic rings. The molecule has 3 nitrogen and oxygen atoms in total. The van der Waals surface area contributed by atoms with Crippen molar-refractivity contribution in [3.63, 3.8) is 0 Å². The molecule has 11 heavy (non-hydrogen) atoms. The Morgan fingerprint density at radius 2 is 2.09 bits per heavy atom. The molecule has 1 aliphatic heterocycles. The van der Waals surface area contributed by atoms with Crippen LogP contribution in [0.3, 0.4) is 0 Å². The second-order valence-corrected chi connectivity index (χ2v) is 3.30. The van der Waals surface area contributed by atoms with Crippen LogP contribution < -0.4 is 10.6 Å². The molecule has 3 heteroatoms. The lowest BCUT2D eigenvalue weighted by Crippen LogP contribution is -2.48. The van der Waals surface area contributed by atoms with Crippen molar-refractivity contribution < 1.29 is 4.74 Å². The van der Waals surface area contributed by atoms with Gasteiger partial charge in [-0.25, -0.2) is 0 Å². The Labute approximate surface area is 68.5 Å². The molecule has 2 N–H and O–H groups in total. The molecule has 1 heterocycles. The Kier molecular flexibility index (Phi) is 3.83. The molecule has 0 atom stereocenters. The molecule has 66 valence electrons. The Hall–Kier alpha value is -0.120. The van der Waals surface area contributed by atoms with E-state index in [1.807, 2.05) is 0 Å². The number of nitrogens with one attached hydrogen (secondary N) is 2. The van der Waals surface area contributed by atoms with E-state index in [1.54, 1.807) is 0 Å². The van der Waals surface area contributed by atoms with Crippen LogP contribution in [0, 0.1) is 0 Å². The predicted octanol–water partition coefficient (Wildman–Crippen LogP) is -0.0272. The average molecular weight is 158 g/mol. The summed E-state index contributed by atoms with van der Waals surface area (Å²) >= 11 is 0. The molecule has 0 spiro atoms. The summed E-state index contributed by atoms with van der Waals surface area (Å²) in [6.07, 6.45) is 0. The van der Waals surface area contributed by atoms with Crippen molar-refractivity contribution >= 4 is 0 Å². The fourth-order valence-corrected chi connectivity index (χ4v) is 0.991. The van der Waals surface area contributed by atoms with Crippen LogP contribution in [-0.4, -0.2) is 38.4 Å². The fourth-order valence-electron chi connectivity index (χ4n) is 0.991. The van der Waals surface area contributed by atoms with Crippen molar-refractivity contribution in [2.24, 2.45) is 0 Å². The van der Waals surface area contributed by atoms with Gasteiger partial charge in [0.1, 0.15) is 0 Å². The summed E-state index contributed by atoms with van der Waals surface area (Å²) in [5.74, 6) is 0. The van der Waals surface area contributed by atoms with Crippen molar-refractivity contribution in [2.45, 2.75) is 25.9 Å². The lowest BCUT2D eigenvalue weighted by molar-refractivity contribution is -0.00469. The first-order chi connectivity index (χ1) is 5.29. The largest absolute Gasteiger partial charge is 0.378 e. The standard InChI is InChI=1S/C8H18N2O/c1-7(2)9-3-4-10-8-5-11-6-8/h7-10H,3-6H2,1-2H3. The minimum atomic E-state index is 0.592. The van der Waals surface area contributed by atoms with Gasteiger partial charge in [-0.3, -0.25) is 0 Å². The zero-order valence-electron chi connectivity index (χ0n) is 7.39. The van der Waals surface area contributed by atoms with Crippen molar-refractivity contribution in [3.8, 4) is 0 Å². The number of ether oxygens (including phenoxy) is 1. The number of hydrogen-bond donors (Lipinski definition) is 2. The van der Waals surface area contributed by atoms with Gasteiger partial charge in [0, 0.05) is 19.1 Å². The summed E-state index contributed by atoms with van der Waals surface area (Å²) in [4.78, 5) is 0. The van der Waals surface area contributed by atoms with Crippen LogP contribution in [0.15, 0.2) is 0 Å². The molecule has 0 bridgehead atoms. The highest BCUT2D eigenvalue weighted by Gasteiger charge is 2.16. The van der Waals surface area contributed by atoms with Crippen LogP contribution >= 0.6 is 0 Å². The second kappa shape index (κ2) is 4.70. The lowest BCUT2D eigenvalue weighted by Gasteiger charge is -2.27. The Morgan fingerprint density at radius 3 is 2.55 bits per heavy atom. The first-order valence-corrected chi connectivity index (χ1v) is 4.33. The van der Waals surface area contributed by atoms with Crippen LogP contribution in [0.25, 0.3) is 0 Å². The maximum atomic E-state index is 5.03. The summed E-state index contributed by atoms with van der Waals surface area (Å²) in [7, 11) is 0. The van der Waals surface area contributed by atoms with Gasteiger partial charge < -0.3 is 15.4 Å². The van der Waals surface area contributed by atoms with E-state index in [1.165, 1.54) is 0 Å². The lowest BCUT2D eigenvalue weighted by atomic mass is 10.2. The number of rotatable bonds is 5. The van der Waals surface area contributed by atoms with E-state index in [4.69, 9.17) is 4.74 Å². The quantitative estimate of drug-likeness (QED) is 0.551. The molecule has 1 rings (SSSR count). The van der Waals surface area contributed by atoms with Crippen LogP contribution in [0.1, 0.15) is 13.8 Å². The summed E-state index contributed by atoms with van der Waals surface area (Å²) in [6.45, 7) is 8.20. The molecule has 0 radical (unpaired) electrons. The Morgan fingerprint density at radius 1 is 1.36 bits per heavy atom. The molecule has 1 aliphatic rings. The van der Waals surface area contributed by atoms with E-state index >= 15 is 0 Å². The smallest absolute Gasteiger partial charge is 0.0643 e. The minimum Gasteiger partial charge on any atom is -0.378 e. The zero-order valence-corrected chi connectivity index (χ0v) is 7.39. The van der Waals surface area contributed by atoms with Gasteiger partial charge in [-0.15, -0.1) is 0 Å². The van der Waals surface area contributed by atoms with Gasteiger partial charge in [-0.2, -0.15) is 0 Å². The van der Waals surface area contributed by atoms with E-state index in [2.05, 4.69) is 24.5 Å². The SMILES string of the molecule is CC(C)NCCNC1COC1. The van der Waals surface area contributed by atoms with Crippen LogP contribution in [0.4, 0.5) is 0 Å². The van der Waals surface area contributed by atoms with E-state index < -0.39 is 0 Å². The summed E-state index contributed by atoms with van der Waals surface area (Å²) in [6, 6.07) is 1.21. The van der Waals surface area contributed by atoms with Crippen molar-refractivity contribution in [1.82, 2.24) is 10.6 Å². The molecule has 1 saturated heterocycles. The molecule has 0 saturated carbocycles. The Balaban J connectivity index is 1.80. The van der Waals surface area contributed by atoms with Gasteiger partial charge in [0.25, 0.3) is 0 Å². The van der Waals surface area contributed by atoms with E-state index in [0.29, 0.717) is 12.1 Å². The average Bonchev–Trinajstić information content (AvgIpc) is 1.82. The van der Waals surface area contributed by atoms with Crippen molar-refractivity contribution in [2.75, 3.05) is 26.3 Å². The third-order valence-electron chi connectivity index (χ3n) is 1.75. The maximum absolute atomic E-state index is 5.03. The normalized spacial score (nSPS) is 18.8. The summed E-state index contributed by atoms with van der Waals surface area (Å²) in [5.41, 5.74) is 0. The van der Waals surface area contributed by atoms with Crippen LogP contribution in [0.5, 0.6) is 0 Å². The van der Waals surface area contributed by atoms with Crippen molar-refractivity contribution in [1.29, 1.82) is 0 Å². The first-order valence-electron chi connectivity index (χ1n) is 4.33. The highest BCUT2D eigenvalue weighted by atomic mass is 16.5. The number of hydrogen-bond acceptors (Lipinski definition) is 3. The molecule has 0 aromatic heterocycles. The third-order valence-corrected chi connectivity index (χ3v) is 1.75. The topological polar surface area (TPSA) is 33.3 Å². The molecule has 1 fully saturated rings. The molecule has 0 aromatic carbocycles. The van der Waals surface area contributed by atoms with Crippen LogP contribution in [0.2, 0.25) is 0 Å². The van der Waals surface area contributed by atoms with Gasteiger partial charge in [0.05, 0.1) is 19.3 Å². The van der Waals surface area contributed by atoms with E-state index in [-0.39, 0.29) is 0 Å². The minimum absolute atomic E-state index is 0.592. The van der Waals surface area contributed by atoms with Crippen LogP contribution in [-0.2, 0) is 4.74 Å². The van der Waals surface area contributed by atoms with Gasteiger partial charge in [-0.05, 0) is 0 Å². The molecular formula is C8H18N2O. The Bertz CT molecular complexity index is 102. The fraction of sp³-hybridized carbons (Fsp3) is 1.00. The summed E-state index contributed by atoms with van der Waals surface area (Å²) in [5, 5.41) is 6.73. The third kappa shape index (κ3) is 3.70. The zero-order chi connectivity index (χ0) is 8.10. The van der Waals surface area contributed by atoms with E-state index in [0.717, 1.165) is 26.3 Å². The van der Waals surface area contributed by atoms with Gasteiger partial charge in [0.15, 0.2) is 0 Å². The van der Waals surface area contributed by atoms with Gasteiger partial charge >= 0.3 is 0 Å². The first kappa shape index (κ1) is 8.97. The van der Waals surface area contributed by atoms with Gasteiger partial charge in [-0.1, -0.05) is 13.8 Å². The van der Waals surface area contributed by atoms with Crippen molar-refractivity contribution in [3.05, 3.63) is 0 Å². The molecule has 0 amide bonds. The molecule has 0 aliphatic carbocycles. The highest BCUT2D eigenvalue weighted by Crippen LogP contribution is 1.97.